The maximum Gasteiger partial charge on any atom is 0.233 e. The van der Waals surface area contributed by atoms with Crippen LogP contribution in [0.25, 0.3) is 0 Å². The number of aliphatic hydroxyl groups excluding tert-OH is 1. The maximum absolute atomic E-state index is 11.5. The van der Waals surface area contributed by atoms with Gasteiger partial charge in [-0.2, -0.15) is 0 Å². The summed E-state index contributed by atoms with van der Waals surface area (Å²) < 4.78 is 1.47. The van der Waals surface area contributed by atoms with Crippen LogP contribution >= 0.6 is 11.8 Å². The number of aromatic nitrogens is 4. The van der Waals surface area contributed by atoms with Crippen LogP contribution in [0.5, 0.6) is 0 Å². The number of carbonyl (C=O) groups excluding carboxylic acids is 1. The highest BCUT2D eigenvalue weighted by atomic mass is 32.2. The van der Waals surface area contributed by atoms with E-state index in [2.05, 4.69) is 20.8 Å². The number of nitrogens with one attached hydrogen (secondary N) is 1. The number of carbonyl (C=O) groups is 1. The van der Waals surface area contributed by atoms with E-state index < -0.39 is 0 Å². The van der Waals surface area contributed by atoms with Gasteiger partial charge in [0.15, 0.2) is 0 Å². The number of thioether (sulfide) groups is 1. The fourth-order valence-corrected chi connectivity index (χ4v) is 1.89. The highest BCUT2D eigenvalue weighted by molar-refractivity contribution is 8.00. The second-order valence-corrected chi connectivity index (χ2v) is 4.37. The van der Waals surface area contributed by atoms with E-state index in [4.69, 9.17) is 5.11 Å². The molecule has 16 heavy (non-hydrogen) atoms. The van der Waals surface area contributed by atoms with Crippen molar-refractivity contribution in [1.29, 1.82) is 0 Å². The minimum absolute atomic E-state index is 0.0336. The minimum Gasteiger partial charge on any atom is -0.394 e. The van der Waals surface area contributed by atoms with Crippen molar-refractivity contribution < 1.29 is 9.90 Å². The van der Waals surface area contributed by atoms with Crippen molar-refractivity contribution >= 4 is 17.7 Å². The largest absolute Gasteiger partial charge is 0.394 e. The van der Waals surface area contributed by atoms with Crippen LogP contribution in [0.4, 0.5) is 0 Å². The Morgan fingerprint density at radius 2 is 2.44 bits per heavy atom. The Labute approximate surface area is 97.6 Å². The van der Waals surface area contributed by atoms with Gasteiger partial charge in [-0.25, -0.2) is 4.68 Å². The summed E-state index contributed by atoms with van der Waals surface area (Å²) in [4.78, 5) is 11.5. The van der Waals surface area contributed by atoms with E-state index in [1.807, 2.05) is 6.92 Å². The molecule has 0 saturated heterocycles. The van der Waals surface area contributed by atoms with Gasteiger partial charge in [-0.3, -0.25) is 4.79 Å². The first-order valence-corrected chi connectivity index (χ1v) is 5.88. The molecule has 0 radical (unpaired) electrons. The molecule has 0 fully saturated rings. The van der Waals surface area contributed by atoms with E-state index >= 15 is 0 Å². The molecule has 0 aromatic carbocycles. The van der Waals surface area contributed by atoms with E-state index in [0.29, 0.717) is 18.2 Å². The quantitative estimate of drug-likeness (QED) is 0.643. The van der Waals surface area contributed by atoms with Gasteiger partial charge in [0.25, 0.3) is 0 Å². The molecule has 7 nitrogen and oxygen atoms in total. The standard InChI is InChI=1S/C8H15N5O2S/c1-3-9-7(15)6(2)16-8-10-11-12-13(8)4-5-14/h6,14H,3-5H2,1-2H3,(H,9,15). The first-order valence-electron chi connectivity index (χ1n) is 5.00. The zero-order chi connectivity index (χ0) is 12.0. The zero-order valence-corrected chi connectivity index (χ0v) is 10.1. The van der Waals surface area contributed by atoms with Crippen molar-refractivity contribution in [2.45, 2.75) is 30.8 Å². The first-order chi connectivity index (χ1) is 7.69. The lowest BCUT2D eigenvalue weighted by Gasteiger charge is -2.09. The van der Waals surface area contributed by atoms with Gasteiger partial charge in [0.05, 0.1) is 18.4 Å². The van der Waals surface area contributed by atoms with Crippen LogP contribution in [0.1, 0.15) is 13.8 Å². The Bertz CT molecular complexity index is 343. The van der Waals surface area contributed by atoms with Crippen molar-refractivity contribution in [3.05, 3.63) is 0 Å². The van der Waals surface area contributed by atoms with Crippen LogP contribution in [0, 0.1) is 0 Å². The molecule has 0 saturated carbocycles. The van der Waals surface area contributed by atoms with Gasteiger partial charge in [-0.15, -0.1) is 5.10 Å². The number of hydrogen-bond acceptors (Lipinski definition) is 6. The van der Waals surface area contributed by atoms with Gasteiger partial charge >= 0.3 is 0 Å². The van der Waals surface area contributed by atoms with Gasteiger partial charge in [0, 0.05) is 6.54 Å². The number of hydrogen-bond donors (Lipinski definition) is 2. The first kappa shape index (κ1) is 12.9. The number of tetrazole rings is 1. The molecule has 1 rings (SSSR count). The van der Waals surface area contributed by atoms with E-state index in [-0.39, 0.29) is 17.8 Å². The predicted molar refractivity (Wildman–Crippen MR) is 58.9 cm³/mol. The lowest BCUT2D eigenvalue weighted by atomic mass is 10.4. The third-order valence-electron chi connectivity index (χ3n) is 1.81. The summed E-state index contributed by atoms with van der Waals surface area (Å²) in [6.45, 7) is 4.55. The van der Waals surface area contributed by atoms with Crippen LogP contribution in [0.3, 0.4) is 0 Å². The summed E-state index contributed by atoms with van der Waals surface area (Å²) in [5.41, 5.74) is 0. The average Bonchev–Trinajstić information content (AvgIpc) is 2.67. The fraction of sp³-hybridized carbons (Fsp3) is 0.750. The third-order valence-corrected chi connectivity index (χ3v) is 2.88. The second kappa shape index (κ2) is 6.44. The van der Waals surface area contributed by atoms with Gasteiger partial charge < -0.3 is 10.4 Å². The Hall–Kier alpha value is -1.15. The summed E-state index contributed by atoms with van der Waals surface area (Å²) in [5.74, 6) is -0.0500. The SMILES string of the molecule is CCNC(=O)C(C)Sc1nnnn1CCO. The fourth-order valence-electron chi connectivity index (χ4n) is 1.05. The molecular formula is C8H15N5O2S. The molecule has 1 atom stereocenters. The zero-order valence-electron chi connectivity index (χ0n) is 9.25. The smallest absolute Gasteiger partial charge is 0.233 e. The summed E-state index contributed by atoms with van der Waals surface area (Å²) >= 11 is 1.27. The Morgan fingerprint density at radius 1 is 1.69 bits per heavy atom. The topological polar surface area (TPSA) is 92.9 Å². The summed E-state index contributed by atoms with van der Waals surface area (Å²) in [5, 5.41) is 22.8. The van der Waals surface area contributed by atoms with E-state index in [1.165, 1.54) is 16.4 Å². The molecule has 1 amide bonds. The van der Waals surface area contributed by atoms with Crippen molar-refractivity contribution in [2.24, 2.45) is 0 Å². The van der Waals surface area contributed by atoms with Gasteiger partial charge in [0.1, 0.15) is 0 Å². The molecule has 90 valence electrons. The highest BCUT2D eigenvalue weighted by Crippen LogP contribution is 2.19. The van der Waals surface area contributed by atoms with E-state index in [1.54, 1.807) is 6.92 Å². The van der Waals surface area contributed by atoms with Crippen molar-refractivity contribution in [1.82, 2.24) is 25.5 Å². The number of nitrogens with zero attached hydrogens (tertiary/aromatic N) is 4. The second-order valence-electron chi connectivity index (χ2n) is 3.06. The molecule has 0 spiro atoms. The van der Waals surface area contributed by atoms with Gasteiger partial charge in [0.2, 0.25) is 11.1 Å². The van der Waals surface area contributed by atoms with Crippen LogP contribution in [-0.4, -0.2) is 49.6 Å². The van der Waals surface area contributed by atoms with Crippen molar-refractivity contribution in [3.8, 4) is 0 Å². The van der Waals surface area contributed by atoms with Crippen LogP contribution in [-0.2, 0) is 11.3 Å². The number of aliphatic hydroxyl groups is 1. The van der Waals surface area contributed by atoms with Crippen LogP contribution in [0.2, 0.25) is 0 Å². The molecule has 0 aliphatic heterocycles. The average molecular weight is 245 g/mol. The Kier molecular flexibility index (Phi) is 5.20. The lowest BCUT2D eigenvalue weighted by molar-refractivity contribution is -0.120. The molecule has 1 aromatic rings. The molecule has 1 unspecified atom stereocenters. The maximum atomic E-state index is 11.5. The summed E-state index contributed by atoms with van der Waals surface area (Å²) in [6.07, 6.45) is 0. The molecule has 2 N–H and O–H groups in total. The Balaban J connectivity index is 2.58. The summed E-state index contributed by atoms with van der Waals surface area (Å²) in [7, 11) is 0. The molecule has 1 heterocycles. The molecule has 0 aliphatic carbocycles. The normalized spacial score (nSPS) is 12.4. The van der Waals surface area contributed by atoms with Gasteiger partial charge in [-0.05, 0) is 24.3 Å². The number of rotatable bonds is 6. The van der Waals surface area contributed by atoms with Gasteiger partial charge in [-0.1, -0.05) is 11.8 Å². The lowest BCUT2D eigenvalue weighted by Crippen LogP contribution is -2.30. The summed E-state index contributed by atoms with van der Waals surface area (Å²) in [6, 6.07) is 0. The molecule has 0 bridgehead atoms. The predicted octanol–water partition coefficient (Wildman–Crippen LogP) is -0.718. The minimum atomic E-state index is -0.261. The van der Waals surface area contributed by atoms with Crippen molar-refractivity contribution in [3.63, 3.8) is 0 Å². The molecule has 8 heteroatoms. The van der Waals surface area contributed by atoms with Crippen LogP contribution in [0.15, 0.2) is 5.16 Å². The van der Waals surface area contributed by atoms with Crippen LogP contribution < -0.4 is 5.32 Å². The molecular weight excluding hydrogens is 230 g/mol. The third kappa shape index (κ3) is 3.46. The monoisotopic (exact) mass is 245 g/mol. The Morgan fingerprint density at radius 3 is 3.06 bits per heavy atom. The van der Waals surface area contributed by atoms with E-state index in [0.717, 1.165) is 0 Å². The molecule has 1 aromatic heterocycles. The number of amides is 1. The van der Waals surface area contributed by atoms with E-state index in [9.17, 15) is 4.79 Å². The van der Waals surface area contributed by atoms with Crippen molar-refractivity contribution in [2.75, 3.05) is 13.2 Å². The highest BCUT2D eigenvalue weighted by Gasteiger charge is 2.17. The molecule has 0 aliphatic rings.